The summed E-state index contributed by atoms with van der Waals surface area (Å²) in [5, 5.41) is 4.86. The Labute approximate surface area is 352 Å². The van der Waals surface area contributed by atoms with Gasteiger partial charge in [-0.05, 0) is 79.5 Å². The van der Waals surface area contributed by atoms with Gasteiger partial charge in [-0.3, -0.25) is 0 Å². The molecule has 0 aliphatic heterocycles. The average Bonchev–Trinajstić information content (AvgIpc) is 3.86. The molecule has 1 aliphatic carbocycles. The zero-order chi connectivity index (χ0) is 39.6. The monoisotopic (exact) mass is 780 g/mol. The number of aromatic nitrogens is 2. The lowest BCUT2D eigenvalue weighted by Crippen LogP contribution is -2.29. The molecule has 0 fully saturated rings. The molecule has 11 aromatic rings. The Bertz CT molecular complexity index is 3380. The number of nitrogens with zero attached hydrogens (tertiary/aromatic N) is 2. The molecule has 0 spiro atoms. The van der Waals surface area contributed by atoms with Gasteiger partial charge in [-0.2, -0.15) is 0 Å². The van der Waals surface area contributed by atoms with E-state index in [1.165, 1.54) is 70.1 Å². The minimum Gasteiger partial charge on any atom is -0.228 e. The molecular weight excluding hydrogens is 745 g/mol. The summed E-state index contributed by atoms with van der Waals surface area (Å²) >= 11 is 1.83. The Morgan fingerprint density at radius 3 is 1.63 bits per heavy atom. The Balaban J connectivity index is 1.09. The van der Waals surface area contributed by atoms with Gasteiger partial charge < -0.3 is 0 Å². The molecule has 280 valence electrons. The van der Waals surface area contributed by atoms with Gasteiger partial charge in [-0.15, -0.1) is 11.3 Å². The molecule has 0 unspecified atom stereocenters. The second-order valence-electron chi connectivity index (χ2n) is 15.6. The third-order valence-electron chi connectivity index (χ3n) is 12.4. The van der Waals surface area contributed by atoms with E-state index in [9.17, 15) is 0 Å². The predicted molar refractivity (Wildman–Crippen MR) is 251 cm³/mol. The van der Waals surface area contributed by atoms with Crippen molar-refractivity contribution in [3.63, 3.8) is 0 Å². The topological polar surface area (TPSA) is 25.8 Å². The van der Waals surface area contributed by atoms with Crippen molar-refractivity contribution in [1.82, 2.24) is 9.97 Å². The van der Waals surface area contributed by atoms with Crippen LogP contribution in [0.2, 0.25) is 0 Å². The van der Waals surface area contributed by atoms with Crippen molar-refractivity contribution in [2.24, 2.45) is 0 Å². The van der Waals surface area contributed by atoms with Gasteiger partial charge in [0.1, 0.15) is 0 Å². The van der Waals surface area contributed by atoms with Gasteiger partial charge in [0.25, 0.3) is 0 Å². The van der Waals surface area contributed by atoms with E-state index in [1.807, 2.05) is 17.4 Å². The summed E-state index contributed by atoms with van der Waals surface area (Å²) in [5.41, 5.74) is 14.5. The van der Waals surface area contributed by atoms with Crippen molar-refractivity contribution in [2.75, 3.05) is 0 Å². The molecule has 0 saturated carbocycles. The van der Waals surface area contributed by atoms with Crippen molar-refractivity contribution in [3.05, 3.63) is 241 Å². The highest BCUT2D eigenvalue weighted by atomic mass is 32.1. The fourth-order valence-corrected chi connectivity index (χ4v) is 10.9. The van der Waals surface area contributed by atoms with Crippen molar-refractivity contribution in [3.8, 4) is 56.2 Å². The lowest BCUT2D eigenvalue weighted by molar-refractivity contribution is 0.770. The lowest BCUT2D eigenvalue weighted by Gasteiger charge is -2.35. The van der Waals surface area contributed by atoms with Gasteiger partial charge >= 0.3 is 0 Å². The summed E-state index contributed by atoms with van der Waals surface area (Å²) in [4.78, 5) is 10.6. The summed E-state index contributed by atoms with van der Waals surface area (Å²) < 4.78 is 2.57. The fraction of sp³-hybridized carbons (Fsp3) is 0.0175. The van der Waals surface area contributed by atoms with Crippen LogP contribution < -0.4 is 0 Å². The maximum atomic E-state index is 5.33. The van der Waals surface area contributed by atoms with Crippen LogP contribution in [0.15, 0.2) is 218 Å². The number of hydrogen-bond acceptors (Lipinski definition) is 3. The first-order chi connectivity index (χ1) is 29.8. The second-order valence-corrected chi connectivity index (χ2v) is 16.7. The van der Waals surface area contributed by atoms with E-state index < -0.39 is 5.41 Å². The standard InChI is InChI=1S/C57H36N2S/c1-4-17-37(18-5-1)56-58-51(38-31-34-54-49(35-38)46-26-13-15-30-53(46)60-54)36-52(59-56)45-33-32-43(41-23-10-11-24-42(41)45)47-27-16-28-48-44-25-12-14-29-50(44)57(55(47)48,39-19-6-2-7-20-39)40-21-8-3-9-22-40/h1-36H. The van der Waals surface area contributed by atoms with Crippen LogP contribution in [0.25, 0.3) is 87.1 Å². The van der Waals surface area contributed by atoms with Crippen LogP contribution in [-0.2, 0) is 5.41 Å². The quantitative estimate of drug-likeness (QED) is 0.168. The van der Waals surface area contributed by atoms with Gasteiger partial charge in [0, 0.05) is 36.9 Å². The smallest absolute Gasteiger partial charge is 0.160 e. The van der Waals surface area contributed by atoms with Gasteiger partial charge in [-0.25, -0.2) is 9.97 Å². The third kappa shape index (κ3) is 5.26. The number of rotatable bonds is 6. The SMILES string of the molecule is c1ccc(-c2nc(-c3ccc4sc5ccccc5c4c3)cc(-c3ccc(-c4cccc5c4C(c4ccccc4)(c4ccccc4)c4ccccc4-5)c4ccccc34)n2)cc1. The maximum Gasteiger partial charge on any atom is 0.160 e. The first-order valence-electron chi connectivity index (χ1n) is 20.5. The van der Waals surface area contributed by atoms with Gasteiger partial charge in [0.2, 0.25) is 0 Å². The van der Waals surface area contributed by atoms with Crippen LogP contribution in [0.3, 0.4) is 0 Å². The van der Waals surface area contributed by atoms with Crippen LogP contribution in [0, 0.1) is 0 Å². The number of benzene rings is 9. The highest BCUT2D eigenvalue weighted by molar-refractivity contribution is 7.25. The molecule has 60 heavy (non-hydrogen) atoms. The van der Waals surface area contributed by atoms with E-state index in [4.69, 9.17) is 9.97 Å². The summed E-state index contributed by atoms with van der Waals surface area (Å²) in [5.74, 6) is 0.709. The average molecular weight is 781 g/mol. The van der Waals surface area contributed by atoms with E-state index >= 15 is 0 Å². The highest BCUT2D eigenvalue weighted by Crippen LogP contribution is 2.59. The highest BCUT2D eigenvalue weighted by Gasteiger charge is 2.47. The number of thiophene rings is 1. The number of fused-ring (bicyclic) bond motifs is 7. The Morgan fingerprint density at radius 1 is 0.333 bits per heavy atom. The summed E-state index contributed by atoms with van der Waals surface area (Å²) in [6.07, 6.45) is 0. The van der Waals surface area contributed by atoms with Crippen LogP contribution >= 0.6 is 11.3 Å². The van der Waals surface area contributed by atoms with Gasteiger partial charge in [0.15, 0.2) is 5.82 Å². The van der Waals surface area contributed by atoms with Crippen molar-refractivity contribution < 1.29 is 0 Å². The van der Waals surface area contributed by atoms with Crippen LogP contribution in [-0.4, -0.2) is 9.97 Å². The van der Waals surface area contributed by atoms with E-state index in [0.29, 0.717) is 5.82 Å². The van der Waals surface area contributed by atoms with Crippen molar-refractivity contribution in [2.45, 2.75) is 5.41 Å². The van der Waals surface area contributed by atoms with Crippen LogP contribution in [0.5, 0.6) is 0 Å². The predicted octanol–water partition coefficient (Wildman–Crippen LogP) is 15.0. The maximum absolute atomic E-state index is 5.33. The zero-order valence-electron chi connectivity index (χ0n) is 32.6. The molecule has 0 amide bonds. The molecule has 0 radical (unpaired) electrons. The number of hydrogen-bond donors (Lipinski definition) is 0. The Morgan fingerprint density at radius 2 is 0.883 bits per heavy atom. The van der Waals surface area contributed by atoms with E-state index in [-0.39, 0.29) is 0 Å². The summed E-state index contributed by atoms with van der Waals surface area (Å²) in [7, 11) is 0. The molecule has 0 N–H and O–H groups in total. The molecule has 2 nitrogen and oxygen atoms in total. The first-order valence-corrected chi connectivity index (χ1v) is 21.3. The molecule has 2 aromatic heterocycles. The molecule has 12 rings (SSSR count). The Hall–Kier alpha value is -7.46. The normalized spacial score (nSPS) is 12.8. The fourth-order valence-electron chi connectivity index (χ4n) is 9.82. The first kappa shape index (κ1) is 34.6. The van der Waals surface area contributed by atoms with Crippen molar-refractivity contribution in [1.29, 1.82) is 0 Å². The minimum absolute atomic E-state index is 0.522. The van der Waals surface area contributed by atoms with Gasteiger partial charge in [-0.1, -0.05) is 194 Å². The van der Waals surface area contributed by atoms with E-state index in [0.717, 1.165) is 33.5 Å². The lowest BCUT2D eigenvalue weighted by atomic mass is 9.66. The molecule has 0 atom stereocenters. The Kier molecular flexibility index (Phi) is 7.97. The zero-order valence-corrected chi connectivity index (χ0v) is 33.4. The largest absolute Gasteiger partial charge is 0.228 e. The third-order valence-corrected chi connectivity index (χ3v) is 13.5. The molecule has 0 bridgehead atoms. The molecule has 3 heteroatoms. The molecule has 0 saturated heterocycles. The summed E-state index contributed by atoms with van der Waals surface area (Å²) in [6.45, 7) is 0. The molecule has 2 heterocycles. The van der Waals surface area contributed by atoms with Crippen molar-refractivity contribution >= 4 is 42.3 Å². The van der Waals surface area contributed by atoms with Gasteiger partial charge in [0.05, 0.1) is 16.8 Å². The minimum atomic E-state index is -0.522. The van der Waals surface area contributed by atoms with E-state index in [1.54, 1.807) is 0 Å². The van der Waals surface area contributed by atoms with Crippen LogP contribution in [0.4, 0.5) is 0 Å². The van der Waals surface area contributed by atoms with Crippen LogP contribution in [0.1, 0.15) is 22.3 Å². The van der Waals surface area contributed by atoms with E-state index in [2.05, 4.69) is 212 Å². The summed E-state index contributed by atoms with van der Waals surface area (Å²) in [6, 6.07) is 79.4. The second kappa shape index (κ2) is 13.8. The molecule has 1 aliphatic rings. The molecule has 9 aromatic carbocycles. The molecular formula is C57H36N2S.